The molecule has 0 aliphatic carbocycles. The average Bonchev–Trinajstić information content (AvgIpc) is 2.53. The Balaban J connectivity index is 1.92. The summed E-state index contributed by atoms with van der Waals surface area (Å²) in [6, 6.07) is 12.4. The zero-order chi connectivity index (χ0) is 16.9. The van der Waals surface area contributed by atoms with Crippen molar-refractivity contribution >= 4 is 17.5 Å². The summed E-state index contributed by atoms with van der Waals surface area (Å²) in [5, 5.41) is 5.36. The number of rotatable bonds is 4. The summed E-state index contributed by atoms with van der Waals surface area (Å²) in [5.74, 6) is -0.550. The Bertz CT molecular complexity index is 691. The Hall–Kier alpha value is -2.69. The first-order valence-electron chi connectivity index (χ1n) is 7.46. The van der Waals surface area contributed by atoms with Crippen molar-refractivity contribution in [1.29, 1.82) is 0 Å². The van der Waals surface area contributed by atoms with Crippen LogP contribution in [0.15, 0.2) is 48.7 Å². The number of carbonyl (C=O) groups is 2. The van der Waals surface area contributed by atoms with Gasteiger partial charge in [-0.1, -0.05) is 39.0 Å². The standard InChI is InChI=1S/C18H21N3O2/c1-18(2,3)15-11-14(9-10-19-15)21-16(22)12-20-17(23)13-7-5-4-6-8-13/h4-11H,12H2,1-3H3,(H,20,23)(H,19,21,22). The van der Waals surface area contributed by atoms with Gasteiger partial charge in [0.15, 0.2) is 0 Å². The number of nitrogens with one attached hydrogen (secondary N) is 2. The molecule has 0 saturated carbocycles. The molecular formula is C18H21N3O2. The van der Waals surface area contributed by atoms with E-state index in [-0.39, 0.29) is 23.8 Å². The number of pyridine rings is 1. The second-order valence-electron chi connectivity index (χ2n) is 6.28. The van der Waals surface area contributed by atoms with E-state index in [1.165, 1.54) is 0 Å². The van der Waals surface area contributed by atoms with Crippen LogP contribution in [-0.4, -0.2) is 23.3 Å². The minimum absolute atomic E-state index is 0.0824. The third-order valence-electron chi connectivity index (χ3n) is 3.26. The van der Waals surface area contributed by atoms with E-state index in [0.29, 0.717) is 11.3 Å². The summed E-state index contributed by atoms with van der Waals surface area (Å²) >= 11 is 0. The van der Waals surface area contributed by atoms with Gasteiger partial charge in [-0.15, -0.1) is 0 Å². The van der Waals surface area contributed by atoms with E-state index in [4.69, 9.17) is 0 Å². The molecule has 0 aliphatic heterocycles. The summed E-state index contributed by atoms with van der Waals surface area (Å²) in [6.45, 7) is 6.09. The predicted molar refractivity (Wildman–Crippen MR) is 90.3 cm³/mol. The van der Waals surface area contributed by atoms with Crippen molar-refractivity contribution in [2.75, 3.05) is 11.9 Å². The number of amides is 2. The van der Waals surface area contributed by atoms with Gasteiger partial charge in [0.2, 0.25) is 5.91 Å². The van der Waals surface area contributed by atoms with Crippen LogP contribution in [0.3, 0.4) is 0 Å². The van der Waals surface area contributed by atoms with Gasteiger partial charge in [0.1, 0.15) is 0 Å². The molecule has 1 aromatic carbocycles. The zero-order valence-electron chi connectivity index (χ0n) is 13.6. The Kier molecular flexibility index (Phi) is 5.11. The van der Waals surface area contributed by atoms with Gasteiger partial charge >= 0.3 is 0 Å². The maximum atomic E-state index is 12.0. The summed E-state index contributed by atoms with van der Waals surface area (Å²) in [4.78, 5) is 28.2. The van der Waals surface area contributed by atoms with Gasteiger partial charge in [-0.2, -0.15) is 0 Å². The van der Waals surface area contributed by atoms with Crippen molar-refractivity contribution in [2.45, 2.75) is 26.2 Å². The third-order valence-corrected chi connectivity index (χ3v) is 3.26. The maximum Gasteiger partial charge on any atom is 0.251 e. The van der Waals surface area contributed by atoms with E-state index >= 15 is 0 Å². The van der Waals surface area contributed by atoms with Crippen LogP contribution in [0.5, 0.6) is 0 Å². The number of hydrogen-bond acceptors (Lipinski definition) is 3. The van der Waals surface area contributed by atoms with E-state index in [1.807, 2.05) is 12.1 Å². The molecule has 0 fully saturated rings. The van der Waals surface area contributed by atoms with E-state index in [0.717, 1.165) is 5.69 Å². The second-order valence-corrected chi connectivity index (χ2v) is 6.28. The molecule has 0 radical (unpaired) electrons. The minimum Gasteiger partial charge on any atom is -0.343 e. The molecule has 5 nitrogen and oxygen atoms in total. The van der Waals surface area contributed by atoms with Crippen molar-refractivity contribution < 1.29 is 9.59 Å². The molecule has 2 rings (SSSR count). The highest BCUT2D eigenvalue weighted by molar-refractivity contribution is 5.99. The topological polar surface area (TPSA) is 71.1 Å². The van der Waals surface area contributed by atoms with Crippen LogP contribution in [0.4, 0.5) is 5.69 Å². The van der Waals surface area contributed by atoms with Gasteiger partial charge in [-0.3, -0.25) is 14.6 Å². The van der Waals surface area contributed by atoms with Crippen molar-refractivity contribution in [3.05, 3.63) is 59.9 Å². The number of benzene rings is 1. The molecule has 0 aliphatic rings. The lowest BCUT2D eigenvalue weighted by Crippen LogP contribution is -2.32. The lowest BCUT2D eigenvalue weighted by molar-refractivity contribution is -0.115. The highest BCUT2D eigenvalue weighted by Crippen LogP contribution is 2.22. The fraction of sp³-hybridized carbons (Fsp3) is 0.278. The summed E-state index contributed by atoms with van der Waals surface area (Å²) < 4.78 is 0. The van der Waals surface area contributed by atoms with Gasteiger partial charge in [0.25, 0.3) is 5.91 Å². The fourth-order valence-electron chi connectivity index (χ4n) is 1.98. The molecule has 5 heteroatoms. The first kappa shape index (κ1) is 16.7. The quantitative estimate of drug-likeness (QED) is 0.912. The molecule has 1 aromatic heterocycles. The van der Waals surface area contributed by atoms with Crippen LogP contribution in [0, 0.1) is 0 Å². The lowest BCUT2D eigenvalue weighted by atomic mass is 9.91. The van der Waals surface area contributed by atoms with Crippen molar-refractivity contribution in [2.24, 2.45) is 0 Å². The number of hydrogen-bond donors (Lipinski definition) is 2. The number of nitrogens with zero attached hydrogens (tertiary/aromatic N) is 1. The van der Waals surface area contributed by atoms with Crippen LogP contribution in [0.25, 0.3) is 0 Å². The Morgan fingerprint density at radius 2 is 1.78 bits per heavy atom. The van der Waals surface area contributed by atoms with Crippen molar-refractivity contribution in [3.8, 4) is 0 Å². The Labute approximate surface area is 136 Å². The van der Waals surface area contributed by atoms with Crippen LogP contribution in [0.2, 0.25) is 0 Å². The molecule has 0 unspecified atom stereocenters. The molecule has 2 aromatic rings. The molecule has 0 saturated heterocycles. The van der Waals surface area contributed by atoms with Gasteiger partial charge in [-0.05, 0) is 24.3 Å². The highest BCUT2D eigenvalue weighted by Gasteiger charge is 2.16. The predicted octanol–water partition coefficient (Wildman–Crippen LogP) is 2.75. The smallest absolute Gasteiger partial charge is 0.251 e. The molecule has 120 valence electrons. The van der Waals surface area contributed by atoms with Gasteiger partial charge in [-0.25, -0.2) is 0 Å². The molecule has 0 bridgehead atoms. The van der Waals surface area contributed by atoms with Crippen molar-refractivity contribution in [3.63, 3.8) is 0 Å². The number of carbonyl (C=O) groups excluding carboxylic acids is 2. The molecule has 0 atom stereocenters. The van der Waals surface area contributed by atoms with E-state index in [9.17, 15) is 9.59 Å². The normalized spacial score (nSPS) is 10.9. The molecule has 2 N–H and O–H groups in total. The van der Waals surface area contributed by atoms with Crippen LogP contribution in [-0.2, 0) is 10.2 Å². The maximum absolute atomic E-state index is 12.0. The lowest BCUT2D eigenvalue weighted by Gasteiger charge is -2.18. The van der Waals surface area contributed by atoms with Gasteiger partial charge in [0.05, 0.1) is 6.54 Å². The molecule has 23 heavy (non-hydrogen) atoms. The van der Waals surface area contributed by atoms with E-state index in [1.54, 1.807) is 36.5 Å². The van der Waals surface area contributed by atoms with E-state index < -0.39 is 0 Å². The number of aromatic nitrogens is 1. The third kappa shape index (κ3) is 4.92. The minimum atomic E-state index is -0.277. The Morgan fingerprint density at radius 3 is 2.43 bits per heavy atom. The van der Waals surface area contributed by atoms with Crippen LogP contribution < -0.4 is 10.6 Å². The molecule has 1 heterocycles. The van der Waals surface area contributed by atoms with Crippen molar-refractivity contribution in [1.82, 2.24) is 10.3 Å². The largest absolute Gasteiger partial charge is 0.343 e. The van der Waals surface area contributed by atoms with Gasteiger partial charge in [0, 0.05) is 28.6 Å². The first-order valence-corrected chi connectivity index (χ1v) is 7.46. The van der Waals surface area contributed by atoms with Gasteiger partial charge < -0.3 is 10.6 Å². The number of anilines is 1. The molecular weight excluding hydrogens is 290 g/mol. The summed E-state index contributed by atoms with van der Waals surface area (Å²) in [6.07, 6.45) is 1.67. The monoisotopic (exact) mass is 311 g/mol. The summed E-state index contributed by atoms with van der Waals surface area (Å²) in [7, 11) is 0. The SMILES string of the molecule is CC(C)(C)c1cc(NC(=O)CNC(=O)c2ccccc2)ccn1. The van der Waals surface area contributed by atoms with E-state index in [2.05, 4.69) is 36.4 Å². The summed E-state index contributed by atoms with van der Waals surface area (Å²) in [5.41, 5.74) is 1.99. The average molecular weight is 311 g/mol. The highest BCUT2D eigenvalue weighted by atomic mass is 16.2. The second kappa shape index (κ2) is 7.05. The fourth-order valence-corrected chi connectivity index (χ4v) is 1.98. The Morgan fingerprint density at radius 1 is 1.09 bits per heavy atom. The van der Waals surface area contributed by atoms with Crippen LogP contribution >= 0.6 is 0 Å². The first-order chi connectivity index (χ1) is 10.9. The van der Waals surface area contributed by atoms with Crippen LogP contribution in [0.1, 0.15) is 36.8 Å². The zero-order valence-corrected chi connectivity index (χ0v) is 13.6. The molecule has 2 amide bonds. The molecule has 0 spiro atoms.